The van der Waals surface area contributed by atoms with Crippen molar-refractivity contribution in [2.75, 3.05) is 7.11 Å². The smallest absolute Gasteiger partial charge is 0.466 e. The molecule has 0 spiro atoms. The highest BCUT2D eigenvalue weighted by atomic mass is 19.4. The number of hydrogen-bond donors (Lipinski definition) is 1. The molecule has 1 N–H and O–H groups in total. The van der Waals surface area contributed by atoms with Crippen LogP contribution in [0, 0.1) is 0 Å². The van der Waals surface area contributed by atoms with Gasteiger partial charge in [0.2, 0.25) is 0 Å². The number of hydrogen-bond acceptors (Lipinski definition) is 5. The van der Waals surface area contributed by atoms with Gasteiger partial charge in [-0.2, -0.15) is 17.6 Å². The molecule has 0 bridgehead atoms. The molecule has 0 fully saturated rings. The molecule has 2 aromatic heterocycles. The molecule has 0 saturated carbocycles. The van der Waals surface area contributed by atoms with E-state index in [1.54, 1.807) is 18.2 Å². The summed E-state index contributed by atoms with van der Waals surface area (Å²) in [6.45, 7) is -0.203. The Morgan fingerprint density at radius 1 is 0.972 bits per heavy atom. The number of alkyl halides is 6. The van der Waals surface area contributed by atoms with Crippen molar-refractivity contribution >= 4 is 27.8 Å². The Bertz CT molecular complexity index is 1390. The molecule has 1 atom stereocenters. The lowest BCUT2D eigenvalue weighted by atomic mass is 10.0. The summed E-state index contributed by atoms with van der Waals surface area (Å²) in [4.78, 5) is 19.4. The van der Waals surface area contributed by atoms with E-state index in [-0.39, 0.29) is 24.2 Å². The number of H-pyrrole nitrogens is 1. The average molecular weight is 512 g/mol. The first-order valence-corrected chi connectivity index (χ1v) is 10.4. The Morgan fingerprint density at radius 2 is 1.69 bits per heavy atom. The lowest BCUT2D eigenvalue weighted by Gasteiger charge is -2.26. The highest BCUT2D eigenvalue weighted by Gasteiger charge is 2.67. The number of fused-ring (bicyclic) bond motifs is 3. The van der Waals surface area contributed by atoms with Gasteiger partial charge in [0.05, 0.1) is 23.8 Å². The molecule has 0 aliphatic rings. The fourth-order valence-electron chi connectivity index (χ4n) is 3.70. The summed E-state index contributed by atoms with van der Waals surface area (Å²) in [5, 5.41) is 0.703. The van der Waals surface area contributed by atoms with Gasteiger partial charge in [0.15, 0.2) is 5.69 Å². The summed E-state index contributed by atoms with van der Waals surface area (Å²) < 4.78 is 93.6. The highest BCUT2D eigenvalue weighted by Crippen LogP contribution is 2.41. The van der Waals surface area contributed by atoms with Gasteiger partial charge >= 0.3 is 24.4 Å². The molecule has 0 saturated heterocycles. The number of aromatic amines is 1. The van der Waals surface area contributed by atoms with E-state index in [1.165, 1.54) is 7.11 Å². The number of pyridine rings is 1. The number of nitrogens with one attached hydrogen (secondary N) is 1. The van der Waals surface area contributed by atoms with Crippen LogP contribution in [0.1, 0.15) is 21.6 Å². The molecule has 0 amide bonds. The van der Waals surface area contributed by atoms with Crippen LogP contribution < -0.4 is 4.74 Å². The van der Waals surface area contributed by atoms with Crippen LogP contribution >= 0.6 is 0 Å². The highest BCUT2D eigenvalue weighted by molar-refractivity contribution is 6.13. The van der Waals surface area contributed by atoms with Crippen LogP contribution in [0.5, 0.6) is 5.75 Å². The van der Waals surface area contributed by atoms with Crippen LogP contribution in [0.2, 0.25) is 0 Å². The normalized spacial score (nSPS) is 13.8. The predicted molar refractivity (Wildman–Crippen MR) is 116 cm³/mol. The molecule has 0 aliphatic heterocycles. The van der Waals surface area contributed by atoms with Crippen LogP contribution in [-0.2, 0) is 22.7 Å². The number of ether oxygens (including phenoxy) is 3. The average Bonchev–Trinajstić information content (AvgIpc) is 3.22. The van der Waals surface area contributed by atoms with Gasteiger partial charge in [-0.3, -0.25) is 0 Å². The van der Waals surface area contributed by atoms with E-state index in [0.717, 1.165) is 11.8 Å². The lowest BCUT2D eigenvalue weighted by molar-refractivity contribution is -0.349. The standard InChI is InChI=1S/C24H18F6N2O4/c1-34-12-14-18-16(10-31-20(14)21(33)36-23(27,22(25)26)24(28,29)30)32-15-8-5-9-17(19(15)18)35-11-13-6-3-2-4-7-13/h2-10,22,32H,11-12H2,1H3. The second-order valence-corrected chi connectivity index (χ2v) is 7.72. The molecule has 0 radical (unpaired) electrons. The fraction of sp³-hybridized carbons (Fsp3) is 0.250. The summed E-state index contributed by atoms with van der Waals surface area (Å²) >= 11 is 0. The molecule has 36 heavy (non-hydrogen) atoms. The van der Waals surface area contributed by atoms with Gasteiger partial charge in [0, 0.05) is 23.4 Å². The van der Waals surface area contributed by atoms with E-state index in [4.69, 9.17) is 9.47 Å². The number of nitrogens with zero attached hydrogens (tertiary/aromatic N) is 1. The van der Waals surface area contributed by atoms with Gasteiger partial charge in [-0.1, -0.05) is 36.4 Å². The Hall–Kier alpha value is -3.80. The molecule has 1 unspecified atom stereocenters. The van der Waals surface area contributed by atoms with Crippen molar-refractivity contribution in [2.24, 2.45) is 0 Å². The summed E-state index contributed by atoms with van der Waals surface area (Å²) in [5.74, 6) is -7.19. The van der Waals surface area contributed by atoms with Crippen molar-refractivity contribution in [3.05, 3.63) is 71.5 Å². The van der Waals surface area contributed by atoms with Gasteiger partial charge in [-0.25, -0.2) is 18.6 Å². The van der Waals surface area contributed by atoms with Gasteiger partial charge in [0.1, 0.15) is 12.4 Å². The maximum Gasteiger partial charge on any atom is 0.466 e. The monoisotopic (exact) mass is 512 g/mol. The van der Waals surface area contributed by atoms with Crippen LogP contribution in [0.4, 0.5) is 26.3 Å². The first-order valence-electron chi connectivity index (χ1n) is 10.4. The van der Waals surface area contributed by atoms with Gasteiger partial charge < -0.3 is 19.2 Å². The summed E-state index contributed by atoms with van der Waals surface area (Å²) in [7, 11) is 1.24. The van der Waals surface area contributed by atoms with Crippen molar-refractivity contribution in [1.29, 1.82) is 0 Å². The number of methoxy groups -OCH3 is 1. The predicted octanol–water partition coefficient (Wildman–Crippen LogP) is 6.09. The summed E-state index contributed by atoms with van der Waals surface area (Å²) in [5.41, 5.74) is 0.829. The van der Waals surface area contributed by atoms with E-state index in [9.17, 15) is 31.1 Å². The fourth-order valence-corrected chi connectivity index (χ4v) is 3.70. The van der Waals surface area contributed by atoms with Crippen LogP contribution in [-0.4, -0.2) is 41.5 Å². The van der Waals surface area contributed by atoms with Crippen LogP contribution in [0.25, 0.3) is 21.8 Å². The van der Waals surface area contributed by atoms with E-state index in [0.29, 0.717) is 22.2 Å². The molecule has 4 aromatic rings. The number of aromatic nitrogens is 2. The maximum atomic E-state index is 14.1. The number of carbonyl (C=O) groups excluding carboxylic acids is 1. The van der Waals surface area contributed by atoms with Crippen LogP contribution in [0.15, 0.2) is 54.7 Å². The van der Waals surface area contributed by atoms with Gasteiger partial charge in [-0.15, -0.1) is 0 Å². The zero-order valence-corrected chi connectivity index (χ0v) is 18.5. The number of halogens is 6. The number of benzene rings is 2. The van der Waals surface area contributed by atoms with E-state index in [1.807, 2.05) is 30.3 Å². The lowest BCUT2D eigenvalue weighted by Crippen LogP contribution is -2.51. The first kappa shape index (κ1) is 25.3. The summed E-state index contributed by atoms with van der Waals surface area (Å²) in [6, 6.07) is 14.2. The Morgan fingerprint density at radius 3 is 2.33 bits per heavy atom. The van der Waals surface area contributed by atoms with Crippen molar-refractivity contribution in [2.45, 2.75) is 31.7 Å². The van der Waals surface area contributed by atoms with Crippen molar-refractivity contribution in [1.82, 2.24) is 9.97 Å². The molecular weight excluding hydrogens is 494 g/mol. The third-order valence-electron chi connectivity index (χ3n) is 5.35. The minimum atomic E-state index is -6.18. The minimum Gasteiger partial charge on any atom is -0.488 e. The van der Waals surface area contributed by atoms with E-state index >= 15 is 0 Å². The molecule has 4 rings (SSSR count). The minimum absolute atomic E-state index is 0.0965. The van der Waals surface area contributed by atoms with Crippen LogP contribution in [0.3, 0.4) is 0 Å². The zero-order valence-electron chi connectivity index (χ0n) is 18.5. The molecule has 12 heteroatoms. The molecule has 0 aliphatic carbocycles. The van der Waals surface area contributed by atoms with Crippen molar-refractivity contribution < 1.29 is 45.3 Å². The second kappa shape index (κ2) is 9.69. The SMILES string of the molecule is COCc1c(C(=O)OC(F)(C(F)F)C(F)(F)F)ncc2[nH]c3cccc(OCc4ccccc4)c3c12. The summed E-state index contributed by atoms with van der Waals surface area (Å²) in [6.07, 6.45) is -9.76. The molecule has 2 heterocycles. The Balaban J connectivity index is 1.83. The third kappa shape index (κ3) is 4.55. The topological polar surface area (TPSA) is 73.4 Å². The van der Waals surface area contributed by atoms with Gasteiger partial charge in [-0.05, 0) is 17.7 Å². The zero-order chi connectivity index (χ0) is 26.1. The quantitative estimate of drug-likeness (QED) is 0.229. The molecular formula is C24H18F6N2O4. The largest absolute Gasteiger partial charge is 0.488 e. The van der Waals surface area contributed by atoms with Crippen molar-refractivity contribution in [3.63, 3.8) is 0 Å². The van der Waals surface area contributed by atoms with E-state index in [2.05, 4.69) is 14.7 Å². The van der Waals surface area contributed by atoms with Gasteiger partial charge in [0.25, 0.3) is 0 Å². The van der Waals surface area contributed by atoms with E-state index < -0.39 is 30.1 Å². The number of rotatable bonds is 8. The molecule has 2 aromatic carbocycles. The van der Waals surface area contributed by atoms with Crippen molar-refractivity contribution in [3.8, 4) is 5.75 Å². The molecule has 190 valence electrons. The second-order valence-electron chi connectivity index (χ2n) is 7.72. The molecule has 6 nitrogen and oxygen atoms in total. The number of carbonyl (C=O) groups is 1. The number of esters is 1. The Kier molecular flexibility index (Phi) is 6.81. The third-order valence-corrected chi connectivity index (χ3v) is 5.35. The maximum absolute atomic E-state index is 14.1. The first-order chi connectivity index (χ1) is 17.1. The Labute approximate surface area is 199 Å².